The maximum atomic E-state index is 13.0. The number of hydrogen-bond donors (Lipinski definition) is 1. The Labute approximate surface area is 168 Å². The Hall–Kier alpha value is -2.96. The van der Waals surface area contributed by atoms with Gasteiger partial charge in [0.25, 0.3) is 10.0 Å². The van der Waals surface area contributed by atoms with Gasteiger partial charge in [0.1, 0.15) is 11.5 Å². The topological polar surface area (TPSA) is 72.0 Å². The van der Waals surface area contributed by atoms with Gasteiger partial charge in [0.15, 0.2) is 5.82 Å². The molecule has 4 aromatic rings. The maximum absolute atomic E-state index is 13.0. The predicted molar refractivity (Wildman–Crippen MR) is 112 cm³/mol. The molecule has 0 aliphatic rings. The fraction of sp³-hybridized carbons (Fsp3) is 0.0476. The Morgan fingerprint density at radius 1 is 0.893 bits per heavy atom. The number of aryl methyl sites for hydroxylation is 1. The molecule has 0 saturated heterocycles. The molecule has 140 valence electrons. The minimum atomic E-state index is -3.86. The lowest BCUT2D eigenvalue weighted by Crippen LogP contribution is -2.15. The normalized spacial score (nSPS) is 11.5. The zero-order valence-electron chi connectivity index (χ0n) is 14.9. The maximum Gasteiger partial charge on any atom is 0.263 e. The van der Waals surface area contributed by atoms with Gasteiger partial charge in [-0.3, -0.25) is 4.72 Å². The number of nitrogens with zero attached hydrogens (tertiary/aromatic N) is 2. The van der Waals surface area contributed by atoms with Crippen molar-refractivity contribution in [1.82, 2.24) is 9.97 Å². The molecule has 0 fully saturated rings. The molecule has 0 amide bonds. The van der Waals surface area contributed by atoms with E-state index in [4.69, 9.17) is 11.6 Å². The SMILES string of the molecule is Cc1ccc(-c2c(Cl)ncnc2NS(=O)(=O)c2ccc3ccccc3c2)cc1. The summed E-state index contributed by atoms with van der Waals surface area (Å²) in [5, 5.41) is 1.98. The lowest BCUT2D eigenvalue weighted by atomic mass is 10.1. The molecule has 28 heavy (non-hydrogen) atoms. The van der Waals surface area contributed by atoms with E-state index in [2.05, 4.69) is 14.7 Å². The number of nitrogens with one attached hydrogen (secondary N) is 1. The molecule has 7 heteroatoms. The van der Waals surface area contributed by atoms with Gasteiger partial charge in [-0.2, -0.15) is 0 Å². The standard InChI is InChI=1S/C21H16ClN3O2S/c1-14-6-8-16(9-7-14)19-20(22)23-13-24-21(19)25-28(26,27)18-11-10-15-4-2-3-5-17(15)12-18/h2-13H,1H3,(H,23,24,25). The monoisotopic (exact) mass is 409 g/mol. The van der Waals surface area contributed by atoms with Gasteiger partial charge >= 0.3 is 0 Å². The smallest absolute Gasteiger partial charge is 0.263 e. The van der Waals surface area contributed by atoms with E-state index in [0.717, 1.165) is 21.9 Å². The number of fused-ring (bicyclic) bond motifs is 1. The molecule has 0 bridgehead atoms. The second-order valence-electron chi connectivity index (χ2n) is 6.37. The highest BCUT2D eigenvalue weighted by atomic mass is 35.5. The van der Waals surface area contributed by atoms with Gasteiger partial charge in [0, 0.05) is 0 Å². The fourth-order valence-electron chi connectivity index (χ4n) is 2.94. The highest BCUT2D eigenvalue weighted by Crippen LogP contribution is 2.33. The first-order valence-corrected chi connectivity index (χ1v) is 10.4. The summed E-state index contributed by atoms with van der Waals surface area (Å²) in [6.45, 7) is 1.97. The van der Waals surface area contributed by atoms with Gasteiger partial charge < -0.3 is 0 Å². The molecule has 1 heterocycles. The molecule has 0 aliphatic carbocycles. The van der Waals surface area contributed by atoms with Gasteiger partial charge in [0.05, 0.1) is 10.5 Å². The van der Waals surface area contributed by atoms with Gasteiger partial charge in [-0.25, -0.2) is 18.4 Å². The van der Waals surface area contributed by atoms with Crippen molar-refractivity contribution in [3.8, 4) is 11.1 Å². The zero-order valence-corrected chi connectivity index (χ0v) is 16.5. The third-order valence-corrected chi connectivity index (χ3v) is 6.03. The summed E-state index contributed by atoms with van der Waals surface area (Å²) < 4.78 is 28.5. The number of benzene rings is 3. The van der Waals surface area contributed by atoms with Crippen LogP contribution in [-0.4, -0.2) is 18.4 Å². The van der Waals surface area contributed by atoms with E-state index >= 15 is 0 Å². The van der Waals surface area contributed by atoms with Crippen molar-refractivity contribution in [2.75, 3.05) is 4.72 Å². The van der Waals surface area contributed by atoms with Crippen molar-refractivity contribution in [3.63, 3.8) is 0 Å². The zero-order chi connectivity index (χ0) is 19.7. The minimum Gasteiger partial charge on any atom is -0.263 e. The third-order valence-electron chi connectivity index (χ3n) is 4.40. The molecule has 0 atom stereocenters. The Morgan fingerprint density at radius 3 is 2.36 bits per heavy atom. The van der Waals surface area contributed by atoms with E-state index < -0.39 is 10.0 Å². The van der Waals surface area contributed by atoms with Crippen LogP contribution in [0.1, 0.15) is 5.56 Å². The molecule has 1 N–H and O–H groups in total. The highest BCUT2D eigenvalue weighted by molar-refractivity contribution is 7.92. The summed E-state index contributed by atoms with van der Waals surface area (Å²) in [4.78, 5) is 8.28. The lowest BCUT2D eigenvalue weighted by Gasteiger charge is -2.13. The molecule has 0 radical (unpaired) electrons. The summed E-state index contributed by atoms with van der Waals surface area (Å²) in [5.41, 5.74) is 2.25. The lowest BCUT2D eigenvalue weighted by molar-refractivity contribution is 0.601. The number of sulfonamides is 1. The van der Waals surface area contributed by atoms with Crippen LogP contribution in [0, 0.1) is 6.92 Å². The Kier molecular flexibility index (Phi) is 4.75. The summed E-state index contributed by atoms with van der Waals surface area (Å²) in [7, 11) is -3.86. The third kappa shape index (κ3) is 3.56. The minimum absolute atomic E-state index is 0.136. The van der Waals surface area contributed by atoms with Crippen molar-refractivity contribution in [1.29, 1.82) is 0 Å². The van der Waals surface area contributed by atoms with E-state index in [1.165, 1.54) is 6.33 Å². The Morgan fingerprint density at radius 2 is 1.61 bits per heavy atom. The molecule has 3 aromatic carbocycles. The second-order valence-corrected chi connectivity index (χ2v) is 8.41. The number of aromatic nitrogens is 2. The van der Waals surface area contributed by atoms with Crippen LogP contribution in [0.15, 0.2) is 78.0 Å². The number of halogens is 1. The predicted octanol–water partition coefficient (Wildman–Crippen LogP) is 5.06. The molecule has 0 aliphatic heterocycles. The molecule has 5 nitrogen and oxygen atoms in total. The van der Waals surface area contributed by atoms with Crippen molar-refractivity contribution < 1.29 is 8.42 Å². The molecular weight excluding hydrogens is 394 g/mol. The number of rotatable bonds is 4. The van der Waals surface area contributed by atoms with Crippen LogP contribution in [-0.2, 0) is 10.0 Å². The average molecular weight is 410 g/mol. The first kappa shape index (κ1) is 18.4. The van der Waals surface area contributed by atoms with E-state index in [-0.39, 0.29) is 15.9 Å². The quantitative estimate of drug-likeness (QED) is 0.478. The van der Waals surface area contributed by atoms with E-state index in [1.54, 1.807) is 18.2 Å². The summed E-state index contributed by atoms with van der Waals surface area (Å²) in [6.07, 6.45) is 1.23. The highest BCUT2D eigenvalue weighted by Gasteiger charge is 2.20. The largest absolute Gasteiger partial charge is 0.263 e. The van der Waals surface area contributed by atoms with E-state index in [0.29, 0.717) is 5.56 Å². The van der Waals surface area contributed by atoms with Crippen molar-refractivity contribution >= 4 is 38.2 Å². The number of anilines is 1. The molecule has 0 unspecified atom stereocenters. The van der Waals surface area contributed by atoms with Crippen molar-refractivity contribution in [2.24, 2.45) is 0 Å². The molecular formula is C21H16ClN3O2S. The Bertz CT molecular complexity index is 1270. The molecule has 0 spiro atoms. The van der Waals surface area contributed by atoms with E-state index in [1.807, 2.05) is 55.5 Å². The van der Waals surface area contributed by atoms with Gasteiger partial charge in [0.2, 0.25) is 0 Å². The van der Waals surface area contributed by atoms with Crippen LogP contribution < -0.4 is 4.72 Å². The van der Waals surface area contributed by atoms with Crippen LogP contribution in [0.4, 0.5) is 5.82 Å². The first-order chi connectivity index (χ1) is 13.4. The second kappa shape index (κ2) is 7.22. The van der Waals surface area contributed by atoms with Crippen LogP contribution in [0.25, 0.3) is 21.9 Å². The molecule has 4 rings (SSSR count). The van der Waals surface area contributed by atoms with Crippen molar-refractivity contribution in [3.05, 3.63) is 83.8 Å². The van der Waals surface area contributed by atoms with Crippen molar-refractivity contribution in [2.45, 2.75) is 11.8 Å². The van der Waals surface area contributed by atoms with Crippen LogP contribution in [0.2, 0.25) is 5.15 Å². The van der Waals surface area contributed by atoms with Gasteiger partial charge in [-0.05, 0) is 35.4 Å². The molecule has 0 saturated carbocycles. The number of hydrogen-bond acceptors (Lipinski definition) is 4. The van der Waals surface area contributed by atoms with Crippen LogP contribution >= 0.6 is 11.6 Å². The fourth-order valence-corrected chi connectivity index (χ4v) is 4.24. The van der Waals surface area contributed by atoms with Crippen LogP contribution in [0.3, 0.4) is 0 Å². The van der Waals surface area contributed by atoms with E-state index in [9.17, 15) is 8.42 Å². The Balaban J connectivity index is 1.77. The summed E-state index contributed by atoms with van der Waals surface area (Å²) >= 11 is 6.27. The summed E-state index contributed by atoms with van der Waals surface area (Å²) in [5.74, 6) is 0.136. The van der Waals surface area contributed by atoms with Gasteiger partial charge in [-0.15, -0.1) is 0 Å². The van der Waals surface area contributed by atoms with Crippen LogP contribution in [0.5, 0.6) is 0 Å². The van der Waals surface area contributed by atoms with Gasteiger partial charge in [-0.1, -0.05) is 71.8 Å². The average Bonchev–Trinajstić information content (AvgIpc) is 2.68. The first-order valence-electron chi connectivity index (χ1n) is 8.53. The summed E-state index contributed by atoms with van der Waals surface area (Å²) in [6, 6.07) is 20.1. The molecule has 1 aromatic heterocycles.